The van der Waals surface area contributed by atoms with Crippen LogP contribution in [0, 0.1) is 21.4 Å². The first kappa shape index (κ1) is 10.8. The Morgan fingerprint density at radius 2 is 2.24 bits per heavy atom. The second kappa shape index (κ2) is 4.06. The van der Waals surface area contributed by atoms with E-state index in [1.54, 1.807) is 13.1 Å². The zero-order valence-electron chi connectivity index (χ0n) is 8.97. The highest BCUT2D eigenvalue weighted by molar-refractivity contribution is 5.88. The number of nitro benzene ring substituents is 1. The van der Waals surface area contributed by atoms with Gasteiger partial charge in [0.25, 0.3) is 5.69 Å². The molecule has 1 aromatic carbocycles. The molecule has 0 atom stereocenters. The number of nitro groups is 1. The van der Waals surface area contributed by atoms with Crippen molar-refractivity contribution < 1.29 is 4.92 Å². The predicted molar refractivity (Wildman–Crippen MR) is 62.7 cm³/mol. The van der Waals surface area contributed by atoms with Gasteiger partial charge in [-0.15, -0.1) is 0 Å². The lowest BCUT2D eigenvalue weighted by Crippen LogP contribution is -1.95. The molecule has 0 fully saturated rings. The largest absolute Gasteiger partial charge is 0.373 e. The molecule has 0 spiro atoms. The number of benzene rings is 1. The second-order valence-corrected chi connectivity index (χ2v) is 3.38. The summed E-state index contributed by atoms with van der Waals surface area (Å²) in [6.07, 6.45) is 0. The average molecular weight is 228 g/mol. The number of rotatable bonds is 2. The van der Waals surface area contributed by atoms with Crippen molar-refractivity contribution in [2.75, 3.05) is 12.4 Å². The third-order valence-corrected chi connectivity index (χ3v) is 2.38. The maximum Gasteiger partial charge on any atom is 0.270 e. The van der Waals surface area contributed by atoms with Crippen molar-refractivity contribution in [2.24, 2.45) is 0 Å². The molecule has 1 aromatic heterocycles. The van der Waals surface area contributed by atoms with E-state index in [0.717, 1.165) is 0 Å². The number of aromatic nitrogens is 1. The SMILES string of the molecule is CNc1cc(C#N)c2cc([N+](=O)[O-])ccc2n1. The first-order valence-corrected chi connectivity index (χ1v) is 4.82. The molecule has 0 amide bonds. The molecule has 0 aliphatic rings. The number of fused-ring (bicyclic) bond motifs is 1. The van der Waals surface area contributed by atoms with Crippen LogP contribution in [0.3, 0.4) is 0 Å². The van der Waals surface area contributed by atoms with Crippen LogP contribution in [0.2, 0.25) is 0 Å². The summed E-state index contributed by atoms with van der Waals surface area (Å²) in [5, 5.41) is 23.0. The number of nitriles is 1. The quantitative estimate of drug-likeness (QED) is 0.627. The van der Waals surface area contributed by atoms with Crippen LogP contribution in [0.4, 0.5) is 11.5 Å². The number of nitrogens with one attached hydrogen (secondary N) is 1. The first-order chi connectivity index (χ1) is 8.15. The lowest BCUT2D eigenvalue weighted by molar-refractivity contribution is -0.384. The number of nitrogens with zero attached hydrogens (tertiary/aromatic N) is 3. The smallest absolute Gasteiger partial charge is 0.270 e. The Morgan fingerprint density at radius 1 is 1.47 bits per heavy atom. The highest BCUT2D eigenvalue weighted by Gasteiger charge is 2.10. The number of hydrogen-bond acceptors (Lipinski definition) is 5. The van der Waals surface area contributed by atoms with Crippen molar-refractivity contribution in [3.63, 3.8) is 0 Å². The van der Waals surface area contributed by atoms with Crippen LogP contribution in [0.25, 0.3) is 10.9 Å². The lowest BCUT2D eigenvalue weighted by atomic mass is 10.1. The number of pyridine rings is 1. The van der Waals surface area contributed by atoms with Gasteiger partial charge in [0.15, 0.2) is 0 Å². The van der Waals surface area contributed by atoms with Crippen LogP contribution >= 0.6 is 0 Å². The molecule has 0 saturated carbocycles. The van der Waals surface area contributed by atoms with E-state index in [-0.39, 0.29) is 5.69 Å². The van der Waals surface area contributed by atoms with Gasteiger partial charge in [0.1, 0.15) is 5.82 Å². The van der Waals surface area contributed by atoms with Gasteiger partial charge >= 0.3 is 0 Å². The second-order valence-electron chi connectivity index (χ2n) is 3.38. The molecule has 1 N–H and O–H groups in total. The summed E-state index contributed by atoms with van der Waals surface area (Å²) >= 11 is 0. The number of anilines is 1. The molecule has 6 nitrogen and oxygen atoms in total. The maximum atomic E-state index is 10.7. The summed E-state index contributed by atoms with van der Waals surface area (Å²) < 4.78 is 0. The molecule has 0 saturated heterocycles. The number of non-ortho nitro benzene ring substituents is 1. The molecule has 0 radical (unpaired) electrons. The molecular weight excluding hydrogens is 220 g/mol. The average Bonchev–Trinajstić information content (AvgIpc) is 2.36. The molecule has 84 valence electrons. The third kappa shape index (κ3) is 1.86. The molecule has 2 rings (SSSR count). The van der Waals surface area contributed by atoms with Crippen LogP contribution in [0.5, 0.6) is 0 Å². The first-order valence-electron chi connectivity index (χ1n) is 4.82. The predicted octanol–water partition coefficient (Wildman–Crippen LogP) is 2.06. The highest BCUT2D eigenvalue weighted by atomic mass is 16.6. The van der Waals surface area contributed by atoms with Crippen LogP contribution < -0.4 is 5.32 Å². The van der Waals surface area contributed by atoms with Crippen LogP contribution in [0.15, 0.2) is 24.3 Å². The molecule has 0 unspecified atom stereocenters. The van der Waals surface area contributed by atoms with E-state index in [4.69, 9.17) is 5.26 Å². The minimum atomic E-state index is -0.493. The zero-order chi connectivity index (χ0) is 12.4. The molecule has 0 aliphatic heterocycles. The van der Waals surface area contributed by atoms with Gasteiger partial charge < -0.3 is 5.32 Å². The van der Waals surface area contributed by atoms with Crippen LogP contribution in [-0.4, -0.2) is 17.0 Å². The summed E-state index contributed by atoms with van der Waals surface area (Å²) in [7, 11) is 1.70. The van der Waals surface area contributed by atoms with Gasteiger partial charge in [0, 0.05) is 24.6 Å². The highest BCUT2D eigenvalue weighted by Crippen LogP contribution is 2.24. The normalized spacial score (nSPS) is 9.88. The lowest BCUT2D eigenvalue weighted by Gasteiger charge is -2.04. The van der Waals surface area contributed by atoms with Crippen molar-refractivity contribution in [2.45, 2.75) is 0 Å². The molecule has 6 heteroatoms. The standard InChI is InChI=1S/C11H8N4O2/c1-13-11-4-7(6-12)9-5-8(15(16)17)2-3-10(9)14-11/h2-5H,1H3,(H,13,14). The Balaban J connectivity index is 2.77. The topological polar surface area (TPSA) is 91.8 Å². The maximum absolute atomic E-state index is 10.7. The molecule has 0 bridgehead atoms. The summed E-state index contributed by atoms with van der Waals surface area (Å²) in [4.78, 5) is 14.4. The van der Waals surface area contributed by atoms with Crippen molar-refractivity contribution in [3.05, 3.63) is 39.9 Å². The number of hydrogen-bond donors (Lipinski definition) is 1. The van der Waals surface area contributed by atoms with E-state index in [0.29, 0.717) is 22.3 Å². The Bertz CT molecular complexity index is 646. The van der Waals surface area contributed by atoms with Gasteiger partial charge in [-0.05, 0) is 12.1 Å². The van der Waals surface area contributed by atoms with E-state index in [1.165, 1.54) is 18.2 Å². The van der Waals surface area contributed by atoms with Gasteiger partial charge in [-0.1, -0.05) is 0 Å². The molecule has 2 aromatic rings. The van der Waals surface area contributed by atoms with Crippen molar-refractivity contribution >= 4 is 22.4 Å². The molecule has 17 heavy (non-hydrogen) atoms. The van der Waals surface area contributed by atoms with E-state index in [2.05, 4.69) is 10.3 Å². The van der Waals surface area contributed by atoms with E-state index in [1.807, 2.05) is 6.07 Å². The van der Waals surface area contributed by atoms with Crippen molar-refractivity contribution in [1.82, 2.24) is 4.98 Å². The van der Waals surface area contributed by atoms with Gasteiger partial charge in [-0.2, -0.15) is 5.26 Å². The molecular formula is C11H8N4O2. The van der Waals surface area contributed by atoms with Gasteiger partial charge in [0.05, 0.1) is 22.1 Å². The molecule has 0 aliphatic carbocycles. The monoisotopic (exact) mass is 228 g/mol. The van der Waals surface area contributed by atoms with Crippen molar-refractivity contribution in [3.8, 4) is 6.07 Å². The van der Waals surface area contributed by atoms with E-state index in [9.17, 15) is 10.1 Å². The van der Waals surface area contributed by atoms with E-state index < -0.39 is 4.92 Å². The summed E-state index contributed by atoms with van der Waals surface area (Å²) in [6, 6.07) is 7.84. The van der Waals surface area contributed by atoms with Gasteiger partial charge in [-0.3, -0.25) is 10.1 Å². The summed E-state index contributed by atoms with van der Waals surface area (Å²) in [5.41, 5.74) is 0.870. The summed E-state index contributed by atoms with van der Waals surface area (Å²) in [5.74, 6) is 0.558. The minimum absolute atomic E-state index is 0.0481. The fraction of sp³-hybridized carbons (Fsp3) is 0.0909. The van der Waals surface area contributed by atoms with Crippen LogP contribution in [0.1, 0.15) is 5.56 Å². The summed E-state index contributed by atoms with van der Waals surface area (Å²) in [6.45, 7) is 0. The third-order valence-electron chi connectivity index (χ3n) is 2.38. The van der Waals surface area contributed by atoms with Gasteiger partial charge in [0.2, 0.25) is 0 Å². The van der Waals surface area contributed by atoms with Crippen LogP contribution in [-0.2, 0) is 0 Å². The Morgan fingerprint density at radius 3 is 2.82 bits per heavy atom. The zero-order valence-corrected chi connectivity index (χ0v) is 8.97. The fourth-order valence-corrected chi connectivity index (χ4v) is 1.55. The van der Waals surface area contributed by atoms with Crippen molar-refractivity contribution in [1.29, 1.82) is 5.26 Å². The minimum Gasteiger partial charge on any atom is -0.373 e. The Hall–Kier alpha value is -2.68. The molecule has 1 heterocycles. The fourth-order valence-electron chi connectivity index (χ4n) is 1.55. The van der Waals surface area contributed by atoms with Gasteiger partial charge in [-0.25, -0.2) is 4.98 Å². The van der Waals surface area contributed by atoms with E-state index >= 15 is 0 Å². The Labute approximate surface area is 96.7 Å². The Kier molecular flexibility index (Phi) is 2.58.